The normalized spacial score (nSPS) is 14.2. The maximum absolute atomic E-state index is 6.47. The molecular formula is C48H31N3O2. The molecule has 1 aliphatic rings. The first-order chi connectivity index (χ1) is 26.1. The lowest BCUT2D eigenvalue weighted by Crippen LogP contribution is -2.00. The highest BCUT2D eigenvalue weighted by atomic mass is 16.3. The first-order valence-electron chi connectivity index (χ1n) is 18.1. The summed E-state index contributed by atoms with van der Waals surface area (Å²) >= 11 is 0. The fraction of sp³-hybridized carbons (Fsp3) is 0.0625. The van der Waals surface area contributed by atoms with E-state index < -0.39 is 0 Å². The molecule has 0 spiro atoms. The van der Waals surface area contributed by atoms with Gasteiger partial charge >= 0.3 is 0 Å². The minimum absolute atomic E-state index is 0.412. The van der Waals surface area contributed by atoms with Crippen LogP contribution < -0.4 is 0 Å². The SMILES string of the molecule is CC1CC=Cc2oc3ccc(-c4ccc5oc6cccc(-c7nc(-c8ccccc8)nc(-c8ccc9c(ccc%10ccccc%109)c8)n7)c6c5c4)cc3c21. The Hall–Kier alpha value is -6.85. The van der Waals surface area contributed by atoms with Gasteiger partial charge in [-0.2, -0.15) is 0 Å². The summed E-state index contributed by atoms with van der Waals surface area (Å²) in [5.74, 6) is 3.22. The van der Waals surface area contributed by atoms with Crippen LogP contribution in [0.3, 0.4) is 0 Å². The maximum atomic E-state index is 6.47. The summed E-state index contributed by atoms with van der Waals surface area (Å²) in [7, 11) is 0. The molecule has 3 heterocycles. The lowest BCUT2D eigenvalue weighted by molar-refractivity contribution is 0.586. The highest BCUT2D eigenvalue weighted by Crippen LogP contribution is 2.42. The third-order valence-corrected chi connectivity index (χ3v) is 10.7. The van der Waals surface area contributed by atoms with Crippen LogP contribution >= 0.6 is 0 Å². The summed E-state index contributed by atoms with van der Waals surface area (Å²) in [6.07, 6.45) is 5.33. The van der Waals surface area contributed by atoms with Gasteiger partial charge in [0.15, 0.2) is 17.5 Å². The number of nitrogens with zero attached hydrogens (tertiary/aromatic N) is 3. The van der Waals surface area contributed by atoms with Crippen molar-refractivity contribution in [2.45, 2.75) is 19.3 Å². The molecule has 0 N–H and O–H groups in total. The average molecular weight is 682 g/mol. The minimum Gasteiger partial charge on any atom is -0.456 e. The van der Waals surface area contributed by atoms with Gasteiger partial charge in [-0.3, -0.25) is 0 Å². The lowest BCUT2D eigenvalue weighted by atomic mass is 9.90. The molecule has 5 nitrogen and oxygen atoms in total. The summed E-state index contributed by atoms with van der Waals surface area (Å²) in [4.78, 5) is 15.3. The molecule has 0 amide bonds. The summed E-state index contributed by atoms with van der Waals surface area (Å²) in [5, 5.41) is 7.96. The highest BCUT2D eigenvalue weighted by molar-refractivity contribution is 6.13. The number of aromatic nitrogens is 3. The van der Waals surface area contributed by atoms with Crippen molar-refractivity contribution in [3.05, 3.63) is 157 Å². The molecule has 3 aromatic heterocycles. The molecule has 53 heavy (non-hydrogen) atoms. The summed E-state index contributed by atoms with van der Waals surface area (Å²) in [5.41, 5.74) is 8.82. The van der Waals surface area contributed by atoms with E-state index in [1.165, 1.54) is 27.1 Å². The maximum Gasteiger partial charge on any atom is 0.164 e. The van der Waals surface area contributed by atoms with Crippen LogP contribution in [-0.4, -0.2) is 15.0 Å². The minimum atomic E-state index is 0.412. The second-order valence-electron chi connectivity index (χ2n) is 14.0. The van der Waals surface area contributed by atoms with Crippen LogP contribution in [0.5, 0.6) is 0 Å². The number of hydrogen-bond acceptors (Lipinski definition) is 5. The first-order valence-corrected chi connectivity index (χ1v) is 18.1. The van der Waals surface area contributed by atoms with E-state index in [-0.39, 0.29) is 0 Å². The van der Waals surface area contributed by atoms with Gasteiger partial charge in [0.2, 0.25) is 0 Å². The third kappa shape index (κ3) is 4.81. The van der Waals surface area contributed by atoms with E-state index in [0.717, 1.165) is 72.9 Å². The van der Waals surface area contributed by atoms with Crippen LogP contribution in [0.2, 0.25) is 0 Å². The van der Waals surface area contributed by atoms with Crippen molar-refractivity contribution >= 4 is 60.5 Å². The Morgan fingerprint density at radius 2 is 1.19 bits per heavy atom. The number of fused-ring (bicyclic) bond motifs is 9. The van der Waals surface area contributed by atoms with Crippen molar-refractivity contribution in [2.24, 2.45) is 0 Å². The van der Waals surface area contributed by atoms with Crippen molar-refractivity contribution < 1.29 is 8.83 Å². The van der Waals surface area contributed by atoms with Crippen LogP contribution in [0, 0.1) is 0 Å². The first kappa shape index (κ1) is 29.8. The second-order valence-corrected chi connectivity index (χ2v) is 14.0. The average Bonchev–Trinajstić information content (AvgIpc) is 3.79. The van der Waals surface area contributed by atoms with E-state index in [2.05, 4.69) is 116 Å². The molecule has 0 saturated carbocycles. The second kappa shape index (κ2) is 11.6. The van der Waals surface area contributed by atoms with E-state index in [4.69, 9.17) is 23.8 Å². The van der Waals surface area contributed by atoms with Crippen molar-refractivity contribution in [3.8, 4) is 45.3 Å². The Bertz CT molecular complexity index is 3120. The predicted molar refractivity (Wildman–Crippen MR) is 216 cm³/mol. The van der Waals surface area contributed by atoms with Gasteiger partial charge in [0.1, 0.15) is 22.5 Å². The van der Waals surface area contributed by atoms with Crippen LogP contribution in [0.25, 0.3) is 106 Å². The van der Waals surface area contributed by atoms with Crippen molar-refractivity contribution in [2.75, 3.05) is 0 Å². The standard InChI is InChI=1S/C48H31N3O2/c1-28-9-7-15-42-44(28)38-26-31(20-23-40(38)52-42)32-21-24-41-39(27-32)45-37(14-8-16-43(45)53-41)48-50-46(30-11-3-2-4-12-30)49-47(51-48)34-19-22-36-33(25-34)18-17-29-10-5-6-13-35(29)36/h2-8,10-28H,9H2,1H3. The molecule has 1 aliphatic carbocycles. The van der Waals surface area contributed by atoms with E-state index in [0.29, 0.717) is 23.4 Å². The van der Waals surface area contributed by atoms with Crippen molar-refractivity contribution in [1.29, 1.82) is 0 Å². The topological polar surface area (TPSA) is 65.0 Å². The smallest absolute Gasteiger partial charge is 0.164 e. The number of rotatable bonds is 4. The summed E-state index contributed by atoms with van der Waals surface area (Å²) in [6.45, 7) is 2.27. The van der Waals surface area contributed by atoms with Gasteiger partial charge in [-0.05, 0) is 87.5 Å². The van der Waals surface area contributed by atoms with Crippen molar-refractivity contribution in [3.63, 3.8) is 0 Å². The van der Waals surface area contributed by atoms with Crippen molar-refractivity contribution in [1.82, 2.24) is 15.0 Å². The Morgan fingerprint density at radius 3 is 2.06 bits per heavy atom. The molecule has 1 unspecified atom stereocenters. The number of benzene rings is 7. The van der Waals surface area contributed by atoms with Gasteiger partial charge in [0.25, 0.3) is 0 Å². The fourth-order valence-corrected chi connectivity index (χ4v) is 8.13. The zero-order chi connectivity index (χ0) is 35.0. The molecule has 0 aliphatic heterocycles. The quantitative estimate of drug-likeness (QED) is 0.173. The summed E-state index contributed by atoms with van der Waals surface area (Å²) < 4.78 is 12.7. The largest absolute Gasteiger partial charge is 0.456 e. The third-order valence-electron chi connectivity index (χ3n) is 10.7. The Morgan fingerprint density at radius 1 is 0.491 bits per heavy atom. The zero-order valence-electron chi connectivity index (χ0n) is 28.9. The molecule has 11 rings (SSSR count). The van der Waals surface area contributed by atoms with E-state index in [1.54, 1.807) is 0 Å². The number of furan rings is 2. The molecule has 1 atom stereocenters. The van der Waals surface area contributed by atoms with Gasteiger partial charge in [-0.1, -0.05) is 116 Å². The fourth-order valence-electron chi connectivity index (χ4n) is 8.13. The molecule has 0 saturated heterocycles. The number of hydrogen-bond donors (Lipinski definition) is 0. The van der Waals surface area contributed by atoms with E-state index >= 15 is 0 Å². The molecule has 7 aromatic carbocycles. The lowest BCUT2D eigenvalue weighted by Gasteiger charge is -2.12. The molecule has 0 radical (unpaired) electrons. The Labute approximate surface area is 304 Å². The van der Waals surface area contributed by atoms with Gasteiger partial charge < -0.3 is 8.83 Å². The molecule has 5 heteroatoms. The van der Waals surface area contributed by atoms with Crippen LogP contribution in [-0.2, 0) is 0 Å². The Kier molecular flexibility index (Phi) is 6.52. The molecule has 0 bridgehead atoms. The highest BCUT2D eigenvalue weighted by Gasteiger charge is 2.22. The van der Waals surface area contributed by atoms with Crippen LogP contribution in [0.1, 0.15) is 30.6 Å². The van der Waals surface area contributed by atoms with Crippen LogP contribution in [0.15, 0.2) is 154 Å². The predicted octanol–water partition coefficient (Wildman–Crippen LogP) is 13.0. The molecule has 250 valence electrons. The molecule has 0 fully saturated rings. The van der Waals surface area contributed by atoms with Crippen LogP contribution in [0.4, 0.5) is 0 Å². The molecular weight excluding hydrogens is 651 g/mol. The Balaban J connectivity index is 1.09. The number of allylic oxidation sites excluding steroid dienone is 1. The van der Waals surface area contributed by atoms with Gasteiger partial charge in [-0.15, -0.1) is 0 Å². The monoisotopic (exact) mass is 681 g/mol. The van der Waals surface area contributed by atoms with Gasteiger partial charge in [-0.25, -0.2) is 15.0 Å². The summed E-state index contributed by atoms with van der Waals surface area (Å²) in [6, 6.07) is 48.5. The van der Waals surface area contributed by atoms with Gasteiger partial charge in [0, 0.05) is 38.4 Å². The van der Waals surface area contributed by atoms with E-state index in [9.17, 15) is 0 Å². The zero-order valence-corrected chi connectivity index (χ0v) is 28.9. The van der Waals surface area contributed by atoms with E-state index in [1.807, 2.05) is 42.5 Å². The van der Waals surface area contributed by atoms with Gasteiger partial charge in [0.05, 0.1) is 0 Å². The molecule has 10 aromatic rings.